The third kappa shape index (κ3) is 2.49. The second-order valence-electron chi connectivity index (χ2n) is 5.73. The molecule has 1 aromatic carbocycles. The van der Waals surface area contributed by atoms with Gasteiger partial charge in [-0.05, 0) is 30.7 Å². The van der Waals surface area contributed by atoms with E-state index in [4.69, 9.17) is 0 Å². The van der Waals surface area contributed by atoms with Crippen LogP contribution in [0.3, 0.4) is 0 Å². The van der Waals surface area contributed by atoms with Gasteiger partial charge in [0.2, 0.25) is 0 Å². The summed E-state index contributed by atoms with van der Waals surface area (Å²) in [7, 11) is -3.35. The molecular weight excluding hydrogens is 330 g/mol. The molecule has 0 atom stereocenters. The molecule has 0 unspecified atom stereocenters. The first kappa shape index (κ1) is 14.9. The van der Waals surface area contributed by atoms with Crippen LogP contribution in [0, 0.1) is 0 Å². The van der Waals surface area contributed by atoms with Gasteiger partial charge in [-0.2, -0.15) is 4.31 Å². The summed E-state index contributed by atoms with van der Waals surface area (Å²) in [5.41, 5.74) is 1.92. The summed E-state index contributed by atoms with van der Waals surface area (Å²) in [6.45, 7) is 3.01. The third-order valence-electron chi connectivity index (χ3n) is 4.22. The summed E-state index contributed by atoms with van der Waals surface area (Å²) in [6.07, 6.45) is 0.863. The van der Waals surface area contributed by atoms with Gasteiger partial charge in [-0.1, -0.05) is 19.1 Å². The first-order valence-corrected chi connectivity index (χ1v) is 9.87. The summed E-state index contributed by atoms with van der Waals surface area (Å²) in [4.78, 5) is 8.95. The van der Waals surface area contributed by atoms with Crippen LogP contribution >= 0.6 is 11.3 Å². The fraction of sp³-hybridized carbons (Fsp3) is 0.312. The monoisotopic (exact) mass is 347 g/mol. The molecule has 3 heterocycles. The predicted molar refractivity (Wildman–Crippen MR) is 91.3 cm³/mol. The molecule has 2 aromatic heterocycles. The second-order valence-corrected chi connectivity index (χ2v) is 9.07. The van der Waals surface area contributed by atoms with Gasteiger partial charge in [-0.15, -0.1) is 11.3 Å². The first-order valence-electron chi connectivity index (χ1n) is 7.61. The zero-order valence-corrected chi connectivity index (χ0v) is 14.3. The minimum atomic E-state index is -3.35. The molecule has 1 fully saturated rings. The molecule has 1 saturated heterocycles. The molecular formula is C16H17N3O2S2. The topological polar surface area (TPSA) is 66.1 Å². The van der Waals surface area contributed by atoms with Crippen molar-refractivity contribution in [3.8, 4) is 0 Å². The molecule has 120 valence electrons. The van der Waals surface area contributed by atoms with Crippen molar-refractivity contribution in [1.82, 2.24) is 14.3 Å². The fourth-order valence-corrected chi connectivity index (χ4v) is 5.77. The number of aromatic nitrogens is 2. The Bertz CT molecular complexity index is 920. The Kier molecular flexibility index (Phi) is 3.51. The van der Waals surface area contributed by atoms with Crippen LogP contribution in [0.25, 0.3) is 11.0 Å². The van der Waals surface area contributed by atoms with E-state index in [-0.39, 0.29) is 5.92 Å². The number of hydrogen-bond acceptors (Lipinski definition) is 4. The zero-order chi connectivity index (χ0) is 16.0. The smallest absolute Gasteiger partial charge is 0.252 e. The van der Waals surface area contributed by atoms with Crippen molar-refractivity contribution in [2.45, 2.75) is 23.5 Å². The number of rotatable bonds is 4. The van der Waals surface area contributed by atoms with Gasteiger partial charge in [0, 0.05) is 23.9 Å². The number of thiophene rings is 1. The Morgan fingerprint density at radius 2 is 2.04 bits per heavy atom. The first-order chi connectivity index (χ1) is 11.1. The van der Waals surface area contributed by atoms with Crippen LogP contribution in [0.15, 0.2) is 40.6 Å². The normalized spacial score (nSPS) is 16.7. The Labute approximate surface area is 139 Å². The number of fused-ring (bicyclic) bond motifs is 1. The summed E-state index contributed by atoms with van der Waals surface area (Å²) in [5.74, 6) is 1.01. The van der Waals surface area contributed by atoms with E-state index in [0.717, 1.165) is 28.2 Å². The molecule has 1 aliphatic heterocycles. The fourth-order valence-electron chi connectivity index (χ4n) is 2.79. The van der Waals surface area contributed by atoms with Crippen LogP contribution in [-0.4, -0.2) is 35.8 Å². The lowest BCUT2D eigenvalue weighted by atomic mass is 10.0. The van der Waals surface area contributed by atoms with Gasteiger partial charge < -0.3 is 4.98 Å². The quantitative estimate of drug-likeness (QED) is 0.789. The van der Waals surface area contributed by atoms with Crippen molar-refractivity contribution < 1.29 is 8.42 Å². The number of benzene rings is 1. The van der Waals surface area contributed by atoms with E-state index in [9.17, 15) is 8.42 Å². The number of aromatic amines is 1. The van der Waals surface area contributed by atoms with Crippen LogP contribution in [0.5, 0.6) is 0 Å². The molecule has 7 heteroatoms. The van der Waals surface area contributed by atoms with Crippen LogP contribution in [0.4, 0.5) is 0 Å². The summed E-state index contributed by atoms with van der Waals surface area (Å²) in [5, 5.41) is 0. The van der Waals surface area contributed by atoms with Crippen molar-refractivity contribution in [2.75, 3.05) is 13.1 Å². The highest BCUT2D eigenvalue weighted by Crippen LogP contribution is 2.34. The minimum Gasteiger partial charge on any atom is -0.342 e. The van der Waals surface area contributed by atoms with Crippen molar-refractivity contribution in [1.29, 1.82) is 0 Å². The molecule has 0 spiro atoms. The molecule has 1 N–H and O–H groups in total. The number of para-hydroxylation sites is 2. The van der Waals surface area contributed by atoms with Crippen LogP contribution in [0.2, 0.25) is 0 Å². The van der Waals surface area contributed by atoms with Crippen LogP contribution in [-0.2, 0) is 16.4 Å². The van der Waals surface area contributed by atoms with Gasteiger partial charge in [0.05, 0.1) is 11.0 Å². The highest BCUT2D eigenvalue weighted by atomic mass is 32.2. The molecule has 0 radical (unpaired) electrons. The predicted octanol–water partition coefficient (Wildman–Crippen LogP) is 2.97. The van der Waals surface area contributed by atoms with Gasteiger partial charge in [0.15, 0.2) is 0 Å². The lowest BCUT2D eigenvalue weighted by molar-refractivity contribution is 0.258. The number of hydrogen-bond donors (Lipinski definition) is 1. The molecule has 0 amide bonds. The van der Waals surface area contributed by atoms with Crippen molar-refractivity contribution in [3.63, 3.8) is 0 Å². The second kappa shape index (κ2) is 5.43. The van der Waals surface area contributed by atoms with Crippen molar-refractivity contribution >= 4 is 32.4 Å². The maximum absolute atomic E-state index is 12.6. The molecule has 5 nitrogen and oxygen atoms in total. The Morgan fingerprint density at radius 1 is 1.26 bits per heavy atom. The van der Waals surface area contributed by atoms with Crippen LogP contribution in [0.1, 0.15) is 23.5 Å². The average Bonchev–Trinajstić information content (AvgIpc) is 3.12. The lowest BCUT2D eigenvalue weighted by Crippen LogP contribution is -2.48. The molecule has 1 aliphatic rings. The SMILES string of the molecule is CCc1ccc(S(=O)(=O)N2CC(c3nc4ccccc4[nH]3)C2)s1. The number of H-pyrrole nitrogens is 1. The lowest BCUT2D eigenvalue weighted by Gasteiger charge is -2.36. The average molecular weight is 347 g/mol. The van der Waals surface area contributed by atoms with E-state index in [1.165, 1.54) is 15.6 Å². The van der Waals surface area contributed by atoms with Gasteiger partial charge in [-0.3, -0.25) is 0 Å². The van der Waals surface area contributed by atoms with E-state index in [1.807, 2.05) is 37.3 Å². The Hall–Kier alpha value is -1.70. The highest BCUT2D eigenvalue weighted by Gasteiger charge is 2.39. The number of nitrogens with one attached hydrogen (secondary N) is 1. The maximum Gasteiger partial charge on any atom is 0.252 e. The summed E-state index contributed by atoms with van der Waals surface area (Å²) in [6, 6.07) is 11.5. The molecule has 23 heavy (non-hydrogen) atoms. The standard InChI is InChI=1S/C16H17N3O2S2/c1-2-12-7-8-15(22-12)23(20,21)19-9-11(10-19)16-17-13-5-3-4-6-14(13)18-16/h3-8,11H,2,9-10H2,1H3,(H,17,18). The van der Waals surface area contributed by atoms with Gasteiger partial charge >= 0.3 is 0 Å². The third-order valence-corrected chi connectivity index (χ3v) is 7.75. The molecule has 0 bridgehead atoms. The van der Waals surface area contributed by atoms with Gasteiger partial charge in [0.1, 0.15) is 10.0 Å². The molecule has 3 aromatic rings. The Balaban J connectivity index is 1.52. The maximum atomic E-state index is 12.6. The van der Waals surface area contributed by atoms with E-state index in [2.05, 4.69) is 9.97 Å². The van der Waals surface area contributed by atoms with Crippen LogP contribution < -0.4 is 0 Å². The number of sulfonamides is 1. The molecule has 0 saturated carbocycles. The minimum absolute atomic E-state index is 0.141. The number of nitrogens with zero attached hydrogens (tertiary/aromatic N) is 2. The van der Waals surface area contributed by atoms with E-state index in [1.54, 1.807) is 6.07 Å². The highest BCUT2D eigenvalue weighted by molar-refractivity contribution is 7.91. The summed E-state index contributed by atoms with van der Waals surface area (Å²) < 4.78 is 27.2. The van der Waals surface area contributed by atoms with Gasteiger partial charge in [-0.25, -0.2) is 13.4 Å². The molecule has 0 aliphatic carbocycles. The summed E-state index contributed by atoms with van der Waals surface area (Å²) >= 11 is 1.37. The van der Waals surface area contributed by atoms with E-state index >= 15 is 0 Å². The Morgan fingerprint density at radius 3 is 2.74 bits per heavy atom. The van der Waals surface area contributed by atoms with E-state index < -0.39 is 10.0 Å². The van der Waals surface area contributed by atoms with Crippen molar-refractivity contribution in [3.05, 3.63) is 47.1 Å². The largest absolute Gasteiger partial charge is 0.342 e. The van der Waals surface area contributed by atoms with Gasteiger partial charge in [0.25, 0.3) is 10.0 Å². The van der Waals surface area contributed by atoms with E-state index in [0.29, 0.717) is 17.3 Å². The number of imidazole rings is 1. The van der Waals surface area contributed by atoms with Crippen molar-refractivity contribution in [2.24, 2.45) is 0 Å². The molecule has 4 rings (SSSR count). The number of aryl methyl sites for hydroxylation is 1. The zero-order valence-electron chi connectivity index (χ0n) is 12.7.